The van der Waals surface area contributed by atoms with Gasteiger partial charge in [-0.2, -0.15) is 4.31 Å². The number of aryl methyl sites for hydroxylation is 1. The first-order chi connectivity index (χ1) is 8.80. The molecule has 1 aromatic carbocycles. The van der Waals surface area contributed by atoms with Crippen LogP contribution in [-0.2, 0) is 10.0 Å². The van der Waals surface area contributed by atoms with Crippen LogP contribution >= 0.6 is 15.9 Å². The molecule has 0 spiro atoms. The van der Waals surface area contributed by atoms with E-state index in [4.69, 9.17) is 5.73 Å². The highest BCUT2D eigenvalue weighted by atomic mass is 79.9. The molecule has 1 aliphatic heterocycles. The quantitative estimate of drug-likeness (QED) is 0.891. The lowest BCUT2D eigenvalue weighted by Crippen LogP contribution is -2.48. The Morgan fingerprint density at radius 1 is 1.37 bits per heavy atom. The Morgan fingerprint density at radius 2 is 2.05 bits per heavy atom. The SMILES string of the molecule is Cc1ccc(Br)cc1S(=O)(=O)N1CC(C)CC(N)C1. The second-order valence-corrected chi connectivity index (χ2v) is 8.15. The molecule has 2 N–H and O–H groups in total. The van der Waals surface area contributed by atoms with Crippen molar-refractivity contribution in [3.05, 3.63) is 28.2 Å². The number of sulfonamides is 1. The average molecular weight is 347 g/mol. The molecule has 1 fully saturated rings. The van der Waals surface area contributed by atoms with Crippen molar-refractivity contribution in [1.82, 2.24) is 4.31 Å². The fourth-order valence-corrected chi connectivity index (χ4v) is 4.92. The summed E-state index contributed by atoms with van der Waals surface area (Å²) in [5.41, 5.74) is 6.70. The van der Waals surface area contributed by atoms with Crippen LogP contribution in [0.4, 0.5) is 0 Å². The first-order valence-corrected chi connectivity index (χ1v) is 8.56. The maximum Gasteiger partial charge on any atom is 0.243 e. The lowest BCUT2D eigenvalue weighted by atomic mass is 9.99. The molecule has 0 bridgehead atoms. The Hall–Kier alpha value is -0.430. The molecule has 106 valence electrons. The highest BCUT2D eigenvalue weighted by molar-refractivity contribution is 9.10. The minimum atomic E-state index is -3.46. The van der Waals surface area contributed by atoms with Crippen LogP contribution < -0.4 is 5.73 Å². The molecule has 1 heterocycles. The van der Waals surface area contributed by atoms with Gasteiger partial charge in [0.2, 0.25) is 10.0 Å². The van der Waals surface area contributed by atoms with E-state index in [1.165, 1.54) is 4.31 Å². The predicted molar refractivity (Wildman–Crippen MR) is 79.4 cm³/mol. The van der Waals surface area contributed by atoms with Crippen LogP contribution in [0.2, 0.25) is 0 Å². The zero-order valence-corrected chi connectivity index (χ0v) is 13.5. The number of hydrogen-bond donors (Lipinski definition) is 1. The Labute approximate surface area is 123 Å². The molecular weight excluding hydrogens is 328 g/mol. The molecule has 2 atom stereocenters. The summed E-state index contributed by atoms with van der Waals surface area (Å²) in [5.74, 6) is 0.297. The van der Waals surface area contributed by atoms with Crippen molar-refractivity contribution in [1.29, 1.82) is 0 Å². The highest BCUT2D eigenvalue weighted by Gasteiger charge is 2.32. The summed E-state index contributed by atoms with van der Waals surface area (Å²) >= 11 is 3.33. The predicted octanol–water partition coefficient (Wildman–Crippen LogP) is 2.12. The lowest BCUT2D eigenvalue weighted by molar-refractivity contribution is 0.254. The molecule has 6 heteroatoms. The van der Waals surface area contributed by atoms with E-state index < -0.39 is 10.0 Å². The van der Waals surface area contributed by atoms with Crippen LogP contribution in [0.5, 0.6) is 0 Å². The van der Waals surface area contributed by atoms with Crippen LogP contribution in [-0.4, -0.2) is 31.9 Å². The van der Waals surface area contributed by atoms with Gasteiger partial charge in [0.1, 0.15) is 0 Å². The van der Waals surface area contributed by atoms with E-state index in [9.17, 15) is 8.42 Å². The van der Waals surface area contributed by atoms with Crippen molar-refractivity contribution in [2.75, 3.05) is 13.1 Å². The van der Waals surface area contributed by atoms with Gasteiger partial charge in [-0.05, 0) is 37.0 Å². The normalized spacial score (nSPS) is 25.5. The Kier molecular flexibility index (Phi) is 4.35. The van der Waals surface area contributed by atoms with E-state index in [2.05, 4.69) is 15.9 Å². The van der Waals surface area contributed by atoms with Crippen LogP contribution in [0.3, 0.4) is 0 Å². The molecule has 1 saturated heterocycles. The van der Waals surface area contributed by atoms with Gasteiger partial charge >= 0.3 is 0 Å². The van der Waals surface area contributed by atoms with Crippen molar-refractivity contribution >= 4 is 26.0 Å². The Bertz CT molecular complexity index is 564. The first-order valence-electron chi connectivity index (χ1n) is 6.32. The number of halogens is 1. The van der Waals surface area contributed by atoms with Gasteiger partial charge in [-0.25, -0.2) is 8.42 Å². The largest absolute Gasteiger partial charge is 0.326 e. The van der Waals surface area contributed by atoms with E-state index in [-0.39, 0.29) is 6.04 Å². The molecule has 0 aromatic heterocycles. The van der Waals surface area contributed by atoms with Gasteiger partial charge in [0, 0.05) is 23.6 Å². The Morgan fingerprint density at radius 3 is 2.68 bits per heavy atom. The van der Waals surface area contributed by atoms with E-state index in [1.54, 1.807) is 6.07 Å². The maximum atomic E-state index is 12.7. The van der Waals surface area contributed by atoms with E-state index in [1.807, 2.05) is 26.0 Å². The van der Waals surface area contributed by atoms with E-state index >= 15 is 0 Å². The number of benzene rings is 1. The van der Waals surface area contributed by atoms with Crippen molar-refractivity contribution in [2.24, 2.45) is 11.7 Å². The third-order valence-corrected chi connectivity index (χ3v) is 5.89. The molecule has 0 radical (unpaired) electrons. The number of piperidine rings is 1. The van der Waals surface area contributed by atoms with Gasteiger partial charge in [-0.1, -0.05) is 28.9 Å². The minimum Gasteiger partial charge on any atom is -0.326 e. The summed E-state index contributed by atoms with van der Waals surface area (Å²) in [4.78, 5) is 0.364. The first kappa shape index (κ1) is 15.0. The fraction of sp³-hybridized carbons (Fsp3) is 0.538. The molecule has 0 aliphatic carbocycles. The van der Waals surface area contributed by atoms with Crippen LogP contribution in [0.25, 0.3) is 0 Å². The second kappa shape index (κ2) is 5.52. The third kappa shape index (κ3) is 3.18. The summed E-state index contributed by atoms with van der Waals surface area (Å²) in [6.45, 7) is 4.79. The summed E-state index contributed by atoms with van der Waals surface area (Å²) < 4.78 is 27.7. The van der Waals surface area contributed by atoms with Gasteiger partial charge in [0.15, 0.2) is 0 Å². The molecule has 1 aliphatic rings. The van der Waals surface area contributed by atoms with Crippen molar-refractivity contribution in [2.45, 2.75) is 31.2 Å². The highest BCUT2D eigenvalue weighted by Crippen LogP contribution is 2.27. The summed E-state index contributed by atoms with van der Waals surface area (Å²) in [6.07, 6.45) is 0.878. The van der Waals surface area contributed by atoms with Crippen molar-refractivity contribution < 1.29 is 8.42 Å². The maximum absolute atomic E-state index is 12.7. The zero-order valence-electron chi connectivity index (χ0n) is 11.1. The van der Waals surface area contributed by atoms with E-state index in [0.29, 0.717) is 23.9 Å². The molecule has 2 unspecified atom stereocenters. The van der Waals surface area contributed by atoms with Crippen LogP contribution in [0.15, 0.2) is 27.6 Å². The van der Waals surface area contributed by atoms with Crippen molar-refractivity contribution in [3.8, 4) is 0 Å². The van der Waals surface area contributed by atoms with Gasteiger partial charge in [0.05, 0.1) is 4.90 Å². The summed E-state index contributed by atoms with van der Waals surface area (Å²) in [7, 11) is -3.46. The third-order valence-electron chi connectivity index (χ3n) is 3.43. The number of rotatable bonds is 2. The van der Waals surface area contributed by atoms with Crippen LogP contribution in [0, 0.1) is 12.8 Å². The minimum absolute atomic E-state index is 0.0778. The van der Waals surface area contributed by atoms with Crippen LogP contribution in [0.1, 0.15) is 18.9 Å². The standard InChI is InChI=1S/C13H19BrN2O2S/c1-9-5-12(15)8-16(7-9)19(17,18)13-6-11(14)4-3-10(13)2/h3-4,6,9,12H,5,7-8,15H2,1-2H3. The van der Waals surface area contributed by atoms with Gasteiger partial charge in [-0.3, -0.25) is 0 Å². The molecule has 0 amide bonds. The topological polar surface area (TPSA) is 63.4 Å². The summed E-state index contributed by atoms with van der Waals surface area (Å²) in [6, 6.07) is 5.24. The molecule has 1 aromatic rings. The van der Waals surface area contributed by atoms with E-state index in [0.717, 1.165) is 16.5 Å². The number of hydrogen-bond acceptors (Lipinski definition) is 3. The zero-order chi connectivity index (χ0) is 14.2. The second-order valence-electron chi connectivity index (χ2n) is 5.33. The number of nitrogens with zero attached hydrogens (tertiary/aromatic N) is 1. The molecule has 4 nitrogen and oxygen atoms in total. The van der Waals surface area contributed by atoms with Gasteiger partial charge in [0.25, 0.3) is 0 Å². The molecule has 0 saturated carbocycles. The smallest absolute Gasteiger partial charge is 0.243 e. The Balaban J connectivity index is 2.39. The monoisotopic (exact) mass is 346 g/mol. The van der Waals surface area contributed by atoms with Gasteiger partial charge < -0.3 is 5.73 Å². The van der Waals surface area contributed by atoms with Crippen molar-refractivity contribution in [3.63, 3.8) is 0 Å². The molecule has 19 heavy (non-hydrogen) atoms. The van der Waals surface area contributed by atoms with Gasteiger partial charge in [-0.15, -0.1) is 0 Å². The number of nitrogens with two attached hydrogens (primary N) is 1. The fourth-order valence-electron chi connectivity index (χ4n) is 2.54. The lowest BCUT2D eigenvalue weighted by Gasteiger charge is -2.34. The molecule has 2 rings (SSSR count). The summed E-state index contributed by atoms with van der Waals surface area (Å²) in [5, 5.41) is 0. The average Bonchev–Trinajstić information content (AvgIpc) is 2.31. The molecular formula is C13H19BrN2O2S.